The van der Waals surface area contributed by atoms with Gasteiger partial charge in [-0.25, -0.2) is 4.79 Å². The molecule has 3 N–H and O–H groups in total. The molecule has 0 rings (SSSR count). The molecule has 0 aliphatic carbocycles. The first-order valence-corrected chi connectivity index (χ1v) is 7.88. The van der Waals surface area contributed by atoms with Crippen LogP contribution in [0.2, 0.25) is 0 Å². The molecule has 0 unspecified atom stereocenters. The van der Waals surface area contributed by atoms with E-state index in [1.54, 1.807) is 0 Å². The molecule has 0 atom stereocenters. The third-order valence-corrected chi connectivity index (χ3v) is 3.75. The Morgan fingerprint density at radius 3 is 1.47 bits per heavy atom. The second-order valence-corrected chi connectivity index (χ2v) is 5.72. The molecule has 0 fully saturated rings. The molecule has 0 aromatic heterocycles. The molecule has 0 aromatic carbocycles. The molecular formula is C14H31BrN2O2. The van der Waals surface area contributed by atoms with Crippen LogP contribution in [-0.4, -0.2) is 16.3 Å². The van der Waals surface area contributed by atoms with Crippen LogP contribution in [0.25, 0.3) is 0 Å². The van der Waals surface area contributed by atoms with E-state index in [4.69, 9.17) is 5.73 Å². The summed E-state index contributed by atoms with van der Waals surface area (Å²) < 4.78 is -0.665. The normalized spacial score (nSPS) is 9.42. The minimum absolute atomic E-state index is 0.375. The highest BCUT2D eigenvalue weighted by Crippen LogP contribution is 2.26. The molecule has 0 saturated carbocycles. The number of nitrogens with two attached hydrogens (primary N) is 1. The number of urea groups is 1. The van der Waals surface area contributed by atoms with Crippen molar-refractivity contribution in [3.8, 4) is 0 Å². The highest BCUT2D eigenvalue weighted by atomic mass is 79.9. The Labute approximate surface area is 127 Å². The number of nitrogens with one attached hydrogen (secondary N) is 1. The van der Waals surface area contributed by atoms with Gasteiger partial charge in [0.15, 0.2) is 0 Å². The monoisotopic (exact) mass is 338 g/mol. The molecular weight excluding hydrogens is 308 g/mol. The zero-order valence-electron chi connectivity index (χ0n) is 13.3. The molecule has 0 spiro atoms. The number of hydrogen-bond donors (Lipinski definition) is 2. The summed E-state index contributed by atoms with van der Waals surface area (Å²) in [5.41, 5.74) is 4.81. The van der Waals surface area contributed by atoms with E-state index in [0.29, 0.717) is 12.8 Å². The summed E-state index contributed by atoms with van der Waals surface area (Å²) in [5, 5.41) is 2.04. The maximum atomic E-state index is 11.3. The van der Waals surface area contributed by atoms with Gasteiger partial charge in [-0.05, 0) is 12.8 Å². The van der Waals surface area contributed by atoms with Crippen LogP contribution in [-0.2, 0) is 4.79 Å². The van der Waals surface area contributed by atoms with Crippen molar-refractivity contribution in [2.75, 3.05) is 0 Å². The van der Waals surface area contributed by atoms with Crippen LogP contribution in [0.4, 0.5) is 4.79 Å². The maximum Gasteiger partial charge on any atom is 0.318 e. The number of primary amides is 1. The smallest absolute Gasteiger partial charge is 0.318 e. The van der Waals surface area contributed by atoms with Crippen molar-refractivity contribution < 1.29 is 9.59 Å². The number of rotatable bonds is 4. The minimum atomic E-state index is -0.814. The molecule has 3 amide bonds. The molecule has 116 valence electrons. The van der Waals surface area contributed by atoms with Crippen molar-refractivity contribution in [1.29, 1.82) is 0 Å². The zero-order valence-corrected chi connectivity index (χ0v) is 14.9. The summed E-state index contributed by atoms with van der Waals surface area (Å²) in [7, 11) is 0. The molecule has 0 radical (unpaired) electrons. The van der Waals surface area contributed by atoms with Crippen molar-refractivity contribution in [3.05, 3.63) is 0 Å². The minimum Gasteiger partial charge on any atom is -0.351 e. The number of carbonyl (C=O) groups is 2. The zero-order chi connectivity index (χ0) is 15.9. The van der Waals surface area contributed by atoms with Crippen molar-refractivity contribution >= 4 is 27.9 Å². The summed E-state index contributed by atoms with van der Waals surface area (Å²) in [6.45, 7) is 12.3. The molecule has 0 aromatic rings. The number of unbranched alkanes of at least 4 members (excludes halogenated alkanes) is 1. The Morgan fingerprint density at radius 2 is 1.32 bits per heavy atom. The maximum absolute atomic E-state index is 11.3. The van der Waals surface area contributed by atoms with E-state index in [1.807, 2.05) is 19.2 Å². The molecule has 0 bridgehead atoms. The number of alkyl halides is 1. The van der Waals surface area contributed by atoms with E-state index in [9.17, 15) is 9.59 Å². The van der Waals surface area contributed by atoms with Crippen molar-refractivity contribution in [3.63, 3.8) is 0 Å². The fraction of sp³-hybridized carbons (Fsp3) is 0.857. The van der Waals surface area contributed by atoms with Crippen molar-refractivity contribution in [2.45, 2.75) is 78.0 Å². The highest BCUT2D eigenvalue weighted by Gasteiger charge is 2.32. The summed E-state index contributed by atoms with van der Waals surface area (Å²) in [5.74, 6) is -0.375. The predicted octanol–water partition coefficient (Wildman–Crippen LogP) is 4.36. The van der Waals surface area contributed by atoms with E-state index in [-0.39, 0.29) is 5.91 Å². The molecule has 5 heteroatoms. The molecule has 0 aliphatic heterocycles. The SMILES string of the molecule is CCC.CCC(Br)(CC)C(=O)NC(N)=O.CCCC. The highest BCUT2D eigenvalue weighted by molar-refractivity contribution is 9.10. The summed E-state index contributed by atoms with van der Waals surface area (Å²) in [6, 6.07) is -0.814. The van der Waals surface area contributed by atoms with Crippen molar-refractivity contribution in [2.24, 2.45) is 5.73 Å². The Morgan fingerprint density at radius 1 is 1.00 bits per heavy atom. The van der Waals surface area contributed by atoms with Gasteiger partial charge in [0.1, 0.15) is 4.32 Å². The first-order valence-electron chi connectivity index (χ1n) is 7.09. The van der Waals surface area contributed by atoms with Gasteiger partial charge < -0.3 is 5.73 Å². The Kier molecular flexibility index (Phi) is 19.1. The van der Waals surface area contributed by atoms with Crippen LogP contribution < -0.4 is 11.1 Å². The molecule has 19 heavy (non-hydrogen) atoms. The number of halogens is 1. The largest absolute Gasteiger partial charge is 0.351 e. The van der Waals surface area contributed by atoms with Crippen LogP contribution in [0.5, 0.6) is 0 Å². The predicted molar refractivity (Wildman–Crippen MR) is 86.5 cm³/mol. The first kappa shape index (κ1) is 23.5. The lowest BCUT2D eigenvalue weighted by Gasteiger charge is -2.21. The molecule has 0 aliphatic rings. The van der Waals surface area contributed by atoms with E-state index in [1.165, 1.54) is 19.3 Å². The van der Waals surface area contributed by atoms with Crippen LogP contribution in [0.1, 0.15) is 73.6 Å². The fourth-order valence-electron chi connectivity index (χ4n) is 0.795. The second-order valence-electron chi connectivity index (χ2n) is 4.20. The number of hydrogen-bond acceptors (Lipinski definition) is 2. The van der Waals surface area contributed by atoms with E-state index < -0.39 is 10.4 Å². The average Bonchev–Trinajstić information content (AvgIpc) is 2.38. The Hall–Kier alpha value is -0.580. The number of carbonyl (C=O) groups excluding carboxylic acids is 2. The van der Waals surface area contributed by atoms with Crippen LogP contribution >= 0.6 is 15.9 Å². The lowest BCUT2D eigenvalue weighted by Crippen LogP contribution is -2.46. The summed E-state index contributed by atoms with van der Waals surface area (Å²) >= 11 is 3.26. The third-order valence-electron chi connectivity index (χ3n) is 2.26. The number of imide groups is 1. The van der Waals surface area contributed by atoms with Gasteiger partial charge in [0.05, 0.1) is 0 Å². The number of amides is 3. The standard InChI is InChI=1S/C7H13BrN2O2.C4H10.C3H8/c1-3-7(8,4-2)5(11)10-6(9)12;1-3-4-2;1-3-2/h3-4H2,1-2H3,(H3,9,10,11,12);3-4H2,1-2H3;3H2,1-2H3. The van der Waals surface area contributed by atoms with Crippen LogP contribution in [0, 0.1) is 0 Å². The van der Waals surface area contributed by atoms with Gasteiger partial charge in [0.2, 0.25) is 5.91 Å². The van der Waals surface area contributed by atoms with E-state index in [0.717, 1.165) is 0 Å². The second kappa shape index (κ2) is 15.5. The van der Waals surface area contributed by atoms with Gasteiger partial charge in [0.25, 0.3) is 0 Å². The summed E-state index contributed by atoms with van der Waals surface area (Å²) in [4.78, 5) is 21.6. The van der Waals surface area contributed by atoms with E-state index in [2.05, 4.69) is 43.6 Å². The van der Waals surface area contributed by atoms with Gasteiger partial charge in [-0.2, -0.15) is 0 Å². The lowest BCUT2D eigenvalue weighted by atomic mass is 10.0. The van der Waals surface area contributed by atoms with Gasteiger partial charge in [-0.1, -0.05) is 76.7 Å². The Balaban J connectivity index is -0.000000303. The van der Waals surface area contributed by atoms with Gasteiger partial charge in [0, 0.05) is 0 Å². The Bertz CT molecular complexity index is 227. The van der Waals surface area contributed by atoms with E-state index >= 15 is 0 Å². The van der Waals surface area contributed by atoms with Crippen molar-refractivity contribution in [1.82, 2.24) is 5.32 Å². The van der Waals surface area contributed by atoms with Gasteiger partial charge in [-0.3, -0.25) is 10.1 Å². The molecule has 4 nitrogen and oxygen atoms in total. The third kappa shape index (κ3) is 15.4. The quantitative estimate of drug-likeness (QED) is 0.747. The van der Waals surface area contributed by atoms with Crippen LogP contribution in [0.3, 0.4) is 0 Å². The van der Waals surface area contributed by atoms with Gasteiger partial charge in [-0.15, -0.1) is 0 Å². The molecule has 0 saturated heterocycles. The van der Waals surface area contributed by atoms with Gasteiger partial charge >= 0.3 is 6.03 Å². The summed E-state index contributed by atoms with van der Waals surface area (Å²) in [6.07, 6.45) is 5.12. The lowest BCUT2D eigenvalue weighted by molar-refractivity contribution is -0.122. The van der Waals surface area contributed by atoms with Crippen LogP contribution in [0.15, 0.2) is 0 Å². The molecule has 0 heterocycles. The average molecular weight is 339 g/mol. The topological polar surface area (TPSA) is 72.2 Å². The first-order chi connectivity index (χ1) is 8.79. The fourth-order valence-corrected chi connectivity index (χ4v) is 0.894.